The number of aromatic hydroxyl groups is 1. The molecule has 0 radical (unpaired) electrons. The lowest BCUT2D eigenvalue weighted by molar-refractivity contribution is -0.109. The molecule has 0 amide bonds. The molecule has 0 bridgehead atoms. The highest BCUT2D eigenvalue weighted by Gasteiger charge is 2.19. The molecule has 0 saturated carbocycles. The van der Waals surface area contributed by atoms with Gasteiger partial charge in [0.1, 0.15) is 12.4 Å². The van der Waals surface area contributed by atoms with Crippen molar-refractivity contribution < 1.29 is 14.6 Å². The topological polar surface area (TPSA) is 68.5 Å². The van der Waals surface area contributed by atoms with E-state index in [1.807, 2.05) is 55.5 Å². The number of carbonyl (C=O) groups is 1. The van der Waals surface area contributed by atoms with E-state index >= 15 is 0 Å². The van der Waals surface area contributed by atoms with Crippen LogP contribution in [0.15, 0.2) is 59.4 Å². The Morgan fingerprint density at radius 3 is 2.62 bits per heavy atom. The molecule has 1 heterocycles. The molecule has 1 N–H and O–H groups in total. The van der Waals surface area contributed by atoms with Crippen molar-refractivity contribution in [3.8, 4) is 11.6 Å². The van der Waals surface area contributed by atoms with Crippen LogP contribution >= 0.6 is 11.3 Å². The number of rotatable bonds is 5. The third-order valence-electron chi connectivity index (χ3n) is 4.70. The predicted molar refractivity (Wildman–Crippen MR) is 115 cm³/mol. The highest BCUT2D eigenvalue weighted by atomic mass is 32.1. The van der Waals surface area contributed by atoms with Crippen LogP contribution in [0.5, 0.6) is 11.6 Å². The van der Waals surface area contributed by atoms with Gasteiger partial charge in [-0.1, -0.05) is 59.4 Å². The molecule has 146 valence electrons. The third-order valence-corrected chi connectivity index (χ3v) is 5.62. The average molecular weight is 405 g/mol. The van der Waals surface area contributed by atoms with Crippen molar-refractivity contribution >= 4 is 34.8 Å². The highest BCUT2D eigenvalue weighted by molar-refractivity contribution is 7.10. The van der Waals surface area contributed by atoms with E-state index in [2.05, 4.69) is 0 Å². The van der Waals surface area contributed by atoms with Crippen molar-refractivity contribution in [3.63, 3.8) is 0 Å². The molecule has 4 rings (SSSR count). The second kappa shape index (κ2) is 7.93. The molecule has 0 saturated heterocycles. The second-order valence-corrected chi connectivity index (χ2v) is 7.71. The standard InChI is InChI=1S/C23H19NO4S/c1-15-6-9-17(10-7-15)28-13-12-24-22(26)21(29-23(24)27)14-19-18-5-3-2-4-16(18)8-11-20(19)25/h2-11,14,26H,12-13H2,1H3/b19-14-. The normalized spacial score (nSPS) is 14.2. The summed E-state index contributed by atoms with van der Waals surface area (Å²) < 4.78 is 6.92. The number of allylic oxidation sites excluding steroid dienone is 2. The first-order valence-electron chi connectivity index (χ1n) is 9.18. The molecule has 1 aromatic heterocycles. The van der Waals surface area contributed by atoms with Crippen LogP contribution in [0.4, 0.5) is 0 Å². The zero-order valence-electron chi connectivity index (χ0n) is 15.8. The Labute approximate surface area is 171 Å². The first kappa shape index (κ1) is 19.0. The number of benzene rings is 2. The van der Waals surface area contributed by atoms with E-state index in [0.29, 0.717) is 16.2 Å². The molecule has 2 aromatic carbocycles. The van der Waals surface area contributed by atoms with E-state index in [-0.39, 0.29) is 29.7 Å². The molecule has 0 aliphatic heterocycles. The summed E-state index contributed by atoms with van der Waals surface area (Å²) in [4.78, 5) is 24.8. The van der Waals surface area contributed by atoms with E-state index in [9.17, 15) is 14.7 Å². The number of ketones is 1. The fourth-order valence-corrected chi connectivity index (χ4v) is 4.00. The summed E-state index contributed by atoms with van der Waals surface area (Å²) in [6.07, 6.45) is 4.86. The van der Waals surface area contributed by atoms with E-state index in [1.165, 1.54) is 10.6 Å². The summed E-state index contributed by atoms with van der Waals surface area (Å²) in [5, 5.41) is 10.6. The molecule has 0 atom stereocenters. The van der Waals surface area contributed by atoms with Crippen LogP contribution in [0.2, 0.25) is 0 Å². The quantitative estimate of drug-likeness (QED) is 0.648. The maximum absolute atomic E-state index is 12.4. The minimum absolute atomic E-state index is 0.153. The fraction of sp³-hybridized carbons (Fsp3) is 0.130. The number of carbonyl (C=O) groups excluding carboxylic acids is 1. The first-order chi connectivity index (χ1) is 14.0. The number of aromatic nitrogens is 1. The van der Waals surface area contributed by atoms with Crippen LogP contribution in [0, 0.1) is 6.92 Å². The highest BCUT2D eigenvalue weighted by Crippen LogP contribution is 2.31. The largest absolute Gasteiger partial charge is 0.493 e. The molecule has 1 aliphatic carbocycles. The minimum atomic E-state index is -0.297. The molecule has 1 aliphatic rings. The van der Waals surface area contributed by atoms with Crippen LogP contribution in [0.1, 0.15) is 21.6 Å². The van der Waals surface area contributed by atoms with Gasteiger partial charge in [-0.05, 0) is 42.3 Å². The van der Waals surface area contributed by atoms with Gasteiger partial charge in [0.2, 0.25) is 5.88 Å². The van der Waals surface area contributed by atoms with Crippen LogP contribution in [-0.4, -0.2) is 22.1 Å². The number of ether oxygens (including phenoxy) is 1. The van der Waals surface area contributed by atoms with Crippen LogP contribution in [-0.2, 0) is 11.3 Å². The lowest BCUT2D eigenvalue weighted by Gasteiger charge is -2.12. The van der Waals surface area contributed by atoms with Gasteiger partial charge in [-0.25, -0.2) is 0 Å². The van der Waals surface area contributed by atoms with Crippen molar-refractivity contribution in [1.82, 2.24) is 4.57 Å². The van der Waals surface area contributed by atoms with Crippen molar-refractivity contribution in [3.05, 3.63) is 85.8 Å². The second-order valence-electron chi connectivity index (χ2n) is 6.71. The summed E-state index contributed by atoms with van der Waals surface area (Å²) >= 11 is 0.909. The molecular formula is C23H19NO4S. The van der Waals surface area contributed by atoms with Gasteiger partial charge in [0.15, 0.2) is 5.78 Å². The zero-order chi connectivity index (χ0) is 20.4. The van der Waals surface area contributed by atoms with Gasteiger partial charge in [0.25, 0.3) is 0 Å². The Morgan fingerprint density at radius 1 is 1.07 bits per heavy atom. The third kappa shape index (κ3) is 3.93. The van der Waals surface area contributed by atoms with E-state index in [0.717, 1.165) is 28.0 Å². The number of aryl methyl sites for hydroxylation is 1. The van der Waals surface area contributed by atoms with Crippen LogP contribution in [0.3, 0.4) is 0 Å². The van der Waals surface area contributed by atoms with Gasteiger partial charge in [-0.15, -0.1) is 0 Å². The van der Waals surface area contributed by atoms with Gasteiger partial charge in [0, 0.05) is 5.57 Å². The lowest BCUT2D eigenvalue weighted by atomic mass is 9.91. The van der Waals surface area contributed by atoms with Crippen LogP contribution < -0.4 is 9.61 Å². The van der Waals surface area contributed by atoms with Gasteiger partial charge >= 0.3 is 4.87 Å². The smallest absolute Gasteiger partial charge is 0.310 e. The van der Waals surface area contributed by atoms with E-state index in [1.54, 1.807) is 12.2 Å². The Balaban J connectivity index is 1.56. The van der Waals surface area contributed by atoms with E-state index in [4.69, 9.17) is 4.74 Å². The number of hydrogen-bond acceptors (Lipinski definition) is 5. The number of thiazole rings is 1. The Bertz CT molecular complexity index is 1180. The molecule has 5 nitrogen and oxygen atoms in total. The fourth-order valence-electron chi connectivity index (χ4n) is 3.15. The molecule has 0 fully saturated rings. The maximum atomic E-state index is 12.4. The molecule has 6 heteroatoms. The predicted octanol–water partition coefficient (Wildman–Crippen LogP) is 4.14. The minimum Gasteiger partial charge on any atom is -0.493 e. The van der Waals surface area contributed by atoms with E-state index < -0.39 is 0 Å². The SMILES string of the molecule is Cc1ccc(OCCn2c(O)c(/C=C3\C(=O)C=Cc4ccccc43)sc2=O)cc1. The molecule has 0 unspecified atom stereocenters. The molecule has 3 aromatic rings. The molecule has 29 heavy (non-hydrogen) atoms. The average Bonchev–Trinajstić information content (AvgIpc) is 2.99. The summed E-state index contributed by atoms with van der Waals surface area (Å²) in [5.41, 5.74) is 3.31. The monoisotopic (exact) mass is 405 g/mol. The number of nitrogens with zero attached hydrogens (tertiary/aromatic N) is 1. The van der Waals surface area contributed by atoms with Crippen molar-refractivity contribution in [1.29, 1.82) is 0 Å². The van der Waals surface area contributed by atoms with Crippen LogP contribution in [0.25, 0.3) is 17.7 Å². The van der Waals surface area contributed by atoms with Crippen molar-refractivity contribution in [2.45, 2.75) is 13.5 Å². The van der Waals surface area contributed by atoms with Gasteiger partial charge in [-0.2, -0.15) is 0 Å². The number of fused-ring (bicyclic) bond motifs is 1. The lowest BCUT2D eigenvalue weighted by Crippen LogP contribution is -2.17. The zero-order valence-corrected chi connectivity index (χ0v) is 16.6. The van der Waals surface area contributed by atoms with Gasteiger partial charge in [0.05, 0.1) is 11.4 Å². The van der Waals surface area contributed by atoms with Gasteiger partial charge in [-0.3, -0.25) is 14.2 Å². The summed E-state index contributed by atoms with van der Waals surface area (Å²) in [7, 11) is 0. The Morgan fingerprint density at radius 2 is 1.83 bits per heavy atom. The Hall–Kier alpha value is -3.38. The number of hydrogen-bond donors (Lipinski definition) is 1. The summed E-state index contributed by atoms with van der Waals surface area (Å²) in [5.74, 6) is 0.398. The first-order valence-corrected chi connectivity index (χ1v) is 10.00. The Kier molecular flexibility index (Phi) is 5.18. The van der Waals surface area contributed by atoms with Crippen molar-refractivity contribution in [2.75, 3.05) is 6.61 Å². The summed E-state index contributed by atoms with van der Waals surface area (Å²) in [6.45, 7) is 2.45. The molecular weight excluding hydrogens is 386 g/mol. The maximum Gasteiger partial charge on any atom is 0.310 e. The molecule has 0 spiro atoms. The summed E-state index contributed by atoms with van der Waals surface area (Å²) in [6, 6.07) is 15.1. The van der Waals surface area contributed by atoms with Crippen molar-refractivity contribution in [2.24, 2.45) is 0 Å². The van der Waals surface area contributed by atoms with Gasteiger partial charge < -0.3 is 9.84 Å².